The van der Waals surface area contributed by atoms with Crippen molar-refractivity contribution in [1.82, 2.24) is 19.7 Å². The zero-order valence-electron chi connectivity index (χ0n) is 10.1. The van der Waals surface area contributed by atoms with Gasteiger partial charge < -0.3 is 10.5 Å². The summed E-state index contributed by atoms with van der Waals surface area (Å²) in [6.45, 7) is 1.85. The fraction of sp³-hybridized carbons (Fsp3) is 0.273. The van der Waals surface area contributed by atoms with Crippen LogP contribution in [-0.2, 0) is 4.74 Å². The van der Waals surface area contributed by atoms with Gasteiger partial charge in [-0.05, 0) is 19.1 Å². The number of carbonyl (C=O) groups is 1. The molecule has 0 aliphatic heterocycles. The SMILES string of the molecule is COC(=O)c1ncn(-c2ccc([C@H](C)N)nc2)n1. The van der Waals surface area contributed by atoms with Crippen LogP contribution in [-0.4, -0.2) is 32.8 Å². The van der Waals surface area contributed by atoms with E-state index < -0.39 is 5.97 Å². The van der Waals surface area contributed by atoms with Crippen molar-refractivity contribution in [2.45, 2.75) is 13.0 Å². The molecule has 0 saturated carbocycles. The maximum Gasteiger partial charge on any atom is 0.377 e. The Balaban J connectivity index is 2.26. The normalized spacial score (nSPS) is 12.2. The molecular formula is C11H13N5O2. The molecule has 0 amide bonds. The van der Waals surface area contributed by atoms with Gasteiger partial charge in [0.15, 0.2) is 0 Å². The van der Waals surface area contributed by atoms with Gasteiger partial charge in [0, 0.05) is 6.04 Å². The van der Waals surface area contributed by atoms with Crippen LogP contribution in [0, 0.1) is 0 Å². The van der Waals surface area contributed by atoms with Crippen LogP contribution in [0.3, 0.4) is 0 Å². The van der Waals surface area contributed by atoms with E-state index in [0.717, 1.165) is 5.69 Å². The first-order valence-corrected chi connectivity index (χ1v) is 5.33. The first kappa shape index (κ1) is 12.2. The van der Waals surface area contributed by atoms with Crippen molar-refractivity contribution in [2.24, 2.45) is 5.73 Å². The minimum absolute atomic E-state index is 0.00812. The third-order valence-electron chi connectivity index (χ3n) is 2.36. The predicted molar refractivity (Wildman–Crippen MR) is 63.1 cm³/mol. The molecule has 0 aromatic carbocycles. The molecule has 2 aromatic heterocycles. The lowest BCUT2D eigenvalue weighted by Gasteiger charge is -2.05. The van der Waals surface area contributed by atoms with E-state index in [0.29, 0.717) is 5.69 Å². The summed E-state index contributed by atoms with van der Waals surface area (Å²) in [6, 6.07) is 3.49. The summed E-state index contributed by atoms with van der Waals surface area (Å²) in [7, 11) is 1.28. The molecule has 0 aliphatic rings. The lowest BCUT2D eigenvalue weighted by Crippen LogP contribution is -2.08. The van der Waals surface area contributed by atoms with Gasteiger partial charge in [-0.1, -0.05) is 0 Å². The van der Waals surface area contributed by atoms with Crippen LogP contribution in [0.25, 0.3) is 5.69 Å². The van der Waals surface area contributed by atoms with Crippen molar-refractivity contribution in [1.29, 1.82) is 0 Å². The Labute approximate surface area is 104 Å². The molecule has 2 aromatic rings. The number of aromatic nitrogens is 4. The van der Waals surface area contributed by atoms with Crippen molar-refractivity contribution < 1.29 is 9.53 Å². The monoisotopic (exact) mass is 247 g/mol. The Bertz CT molecular complexity index is 547. The first-order valence-electron chi connectivity index (χ1n) is 5.33. The second kappa shape index (κ2) is 4.92. The highest BCUT2D eigenvalue weighted by molar-refractivity contribution is 5.84. The largest absolute Gasteiger partial charge is 0.463 e. The molecule has 2 heterocycles. The predicted octanol–water partition coefficient (Wildman–Crippen LogP) is 0.469. The van der Waals surface area contributed by atoms with Gasteiger partial charge in [0.2, 0.25) is 0 Å². The standard InChI is InChI=1S/C11H13N5O2/c1-7(12)9-4-3-8(5-13-9)16-6-14-10(15-16)11(17)18-2/h3-7H,12H2,1-2H3/t7-/m0/s1. The van der Waals surface area contributed by atoms with Crippen molar-refractivity contribution >= 4 is 5.97 Å². The van der Waals surface area contributed by atoms with Crippen molar-refractivity contribution in [3.63, 3.8) is 0 Å². The van der Waals surface area contributed by atoms with E-state index in [1.54, 1.807) is 18.3 Å². The van der Waals surface area contributed by atoms with E-state index in [1.165, 1.54) is 18.1 Å². The third-order valence-corrected chi connectivity index (χ3v) is 2.36. The number of nitrogens with zero attached hydrogens (tertiary/aromatic N) is 4. The van der Waals surface area contributed by atoms with E-state index in [4.69, 9.17) is 5.73 Å². The van der Waals surface area contributed by atoms with Crippen LogP contribution >= 0.6 is 0 Å². The van der Waals surface area contributed by atoms with Crippen LogP contribution in [0.5, 0.6) is 0 Å². The van der Waals surface area contributed by atoms with Gasteiger partial charge >= 0.3 is 5.97 Å². The molecule has 0 spiro atoms. The fourth-order valence-corrected chi connectivity index (χ4v) is 1.37. The third kappa shape index (κ3) is 2.35. The molecule has 7 heteroatoms. The second-order valence-corrected chi connectivity index (χ2v) is 3.73. The summed E-state index contributed by atoms with van der Waals surface area (Å²) in [6.07, 6.45) is 3.04. The highest BCUT2D eigenvalue weighted by Gasteiger charge is 2.12. The fourth-order valence-electron chi connectivity index (χ4n) is 1.37. The molecule has 7 nitrogen and oxygen atoms in total. The number of ether oxygens (including phenoxy) is 1. The number of rotatable bonds is 3. The molecule has 0 unspecified atom stereocenters. The number of hydrogen-bond acceptors (Lipinski definition) is 6. The Morgan fingerprint density at radius 2 is 2.22 bits per heavy atom. The van der Waals surface area contributed by atoms with Crippen molar-refractivity contribution in [2.75, 3.05) is 7.11 Å². The number of esters is 1. The van der Waals surface area contributed by atoms with E-state index in [-0.39, 0.29) is 11.9 Å². The molecule has 0 saturated heterocycles. The van der Waals surface area contributed by atoms with Crippen LogP contribution in [0.1, 0.15) is 29.3 Å². The highest BCUT2D eigenvalue weighted by Crippen LogP contribution is 2.10. The molecule has 18 heavy (non-hydrogen) atoms. The second-order valence-electron chi connectivity index (χ2n) is 3.73. The molecular weight excluding hydrogens is 234 g/mol. The van der Waals surface area contributed by atoms with Gasteiger partial charge in [-0.3, -0.25) is 4.98 Å². The van der Waals surface area contributed by atoms with Crippen molar-refractivity contribution in [3.05, 3.63) is 36.2 Å². The smallest absolute Gasteiger partial charge is 0.377 e. The average Bonchev–Trinajstić information content (AvgIpc) is 2.87. The topological polar surface area (TPSA) is 95.9 Å². The Kier molecular flexibility index (Phi) is 3.33. The van der Waals surface area contributed by atoms with Crippen LogP contribution < -0.4 is 5.73 Å². The van der Waals surface area contributed by atoms with Crippen LogP contribution in [0.4, 0.5) is 0 Å². The number of carbonyl (C=O) groups excluding carboxylic acids is 1. The molecule has 94 valence electrons. The number of pyridine rings is 1. The van der Waals surface area contributed by atoms with Gasteiger partial charge in [-0.25, -0.2) is 14.5 Å². The summed E-state index contributed by atoms with van der Waals surface area (Å²) < 4.78 is 5.98. The van der Waals surface area contributed by atoms with Crippen LogP contribution in [0.2, 0.25) is 0 Å². The number of hydrogen-bond donors (Lipinski definition) is 1. The lowest BCUT2D eigenvalue weighted by molar-refractivity contribution is 0.0587. The maximum atomic E-state index is 11.2. The molecule has 0 radical (unpaired) electrons. The summed E-state index contributed by atoms with van der Waals surface area (Å²) >= 11 is 0. The summed E-state index contributed by atoms with van der Waals surface area (Å²) in [5, 5.41) is 3.99. The Hall–Kier alpha value is -2.28. The quantitative estimate of drug-likeness (QED) is 0.792. The Morgan fingerprint density at radius 3 is 2.78 bits per heavy atom. The zero-order chi connectivity index (χ0) is 13.1. The molecule has 0 aliphatic carbocycles. The minimum atomic E-state index is -0.575. The average molecular weight is 247 g/mol. The van der Waals surface area contributed by atoms with Gasteiger partial charge in [0.1, 0.15) is 6.33 Å². The molecule has 0 fully saturated rings. The summed E-state index contributed by atoms with van der Waals surface area (Å²) in [5.41, 5.74) is 7.19. The van der Waals surface area contributed by atoms with Crippen molar-refractivity contribution in [3.8, 4) is 5.69 Å². The maximum absolute atomic E-state index is 11.2. The first-order chi connectivity index (χ1) is 8.61. The zero-order valence-corrected chi connectivity index (χ0v) is 10.1. The van der Waals surface area contributed by atoms with Gasteiger partial charge in [0.25, 0.3) is 5.82 Å². The lowest BCUT2D eigenvalue weighted by atomic mass is 10.2. The molecule has 1 atom stereocenters. The minimum Gasteiger partial charge on any atom is -0.463 e. The molecule has 2 rings (SSSR count). The number of nitrogens with two attached hydrogens (primary N) is 1. The van der Waals surface area contributed by atoms with Gasteiger partial charge in [-0.15, -0.1) is 5.10 Å². The number of methoxy groups -OCH3 is 1. The summed E-state index contributed by atoms with van der Waals surface area (Å²) in [4.78, 5) is 19.3. The van der Waals surface area contributed by atoms with E-state index in [2.05, 4.69) is 19.8 Å². The summed E-state index contributed by atoms with van der Waals surface area (Å²) in [5.74, 6) is -0.567. The van der Waals surface area contributed by atoms with E-state index in [1.807, 2.05) is 6.92 Å². The Morgan fingerprint density at radius 1 is 1.44 bits per heavy atom. The van der Waals surface area contributed by atoms with Gasteiger partial charge in [0.05, 0.1) is 24.7 Å². The van der Waals surface area contributed by atoms with E-state index in [9.17, 15) is 4.79 Å². The van der Waals surface area contributed by atoms with E-state index >= 15 is 0 Å². The van der Waals surface area contributed by atoms with Crippen LogP contribution in [0.15, 0.2) is 24.7 Å². The van der Waals surface area contributed by atoms with Gasteiger partial charge in [-0.2, -0.15) is 0 Å². The molecule has 0 bridgehead atoms. The molecule has 2 N–H and O–H groups in total. The highest BCUT2D eigenvalue weighted by atomic mass is 16.5.